The molecule has 0 radical (unpaired) electrons. The van der Waals surface area contributed by atoms with Crippen molar-refractivity contribution in [3.8, 4) is 11.3 Å². The fourth-order valence-electron chi connectivity index (χ4n) is 2.39. The molecule has 4 heteroatoms. The molecule has 3 aromatic rings. The van der Waals surface area contributed by atoms with E-state index in [1.54, 1.807) is 6.39 Å². The van der Waals surface area contributed by atoms with Gasteiger partial charge >= 0.3 is 6.39 Å². The van der Waals surface area contributed by atoms with Gasteiger partial charge in [0.15, 0.2) is 0 Å². The first kappa shape index (κ1) is 15.2. The Morgan fingerprint density at radius 1 is 1.13 bits per heavy atom. The Morgan fingerprint density at radius 2 is 1.96 bits per heavy atom. The van der Waals surface area contributed by atoms with Crippen LogP contribution >= 0.6 is 0 Å². The molecule has 3 rings (SSSR count). The Bertz CT molecular complexity index is 775. The third-order valence-corrected chi connectivity index (χ3v) is 3.43. The summed E-state index contributed by atoms with van der Waals surface area (Å²) >= 11 is 0. The van der Waals surface area contributed by atoms with Crippen LogP contribution in [0.25, 0.3) is 11.3 Å². The molecule has 0 aliphatic carbocycles. The van der Waals surface area contributed by atoms with Crippen LogP contribution in [0.3, 0.4) is 0 Å². The fourth-order valence-corrected chi connectivity index (χ4v) is 2.39. The van der Waals surface area contributed by atoms with Gasteiger partial charge in [-0.3, -0.25) is 4.99 Å². The van der Waals surface area contributed by atoms with Crippen LogP contribution < -0.4 is 4.98 Å². The average Bonchev–Trinajstić information content (AvgIpc) is 3.08. The maximum Gasteiger partial charge on any atom is 0.333 e. The third-order valence-electron chi connectivity index (χ3n) is 3.43. The lowest BCUT2D eigenvalue weighted by molar-refractivity contribution is -0.383. The van der Waals surface area contributed by atoms with E-state index in [1.165, 1.54) is 5.56 Å². The van der Waals surface area contributed by atoms with Crippen molar-refractivity contribution in [3.63, 3.8) is 0 Å². The molecule has 0 unspecified atom stereocenters. The third kappa shape index (κ3) is 4.14. The van der Waals surface area contributed by atoms with E-state index in [-0.39, 0.29) is 0 Å². The number of H-pyrrole nitrogens is 1. The maximum absolute atomic E-state index is 5.34. The van der Waals surface area contributed by atoms with Gasteiger partial charge in [-0.2, -0.15) is 4.98 Å². The molecule has 0 fully saturated rings. The molecule has 0 atom stereocenters. The number of benzene rings is 2. The van der Waals surface area contributed by atoms with E-state index in [0.717, 1.165) is 29.1 Å². The first-order valence-electron chi connectivity index (χ1n) is 7.53. The van der Waals surface area contributed by atoms with Gasteiger partial charge in [-0.15, -0.1) is 0 Å². The molecule has 0 aliphatic heterocycles. The number of oxazole rings is 1. The summed E-state index contributed by atoms with van der Waals surface area (Å²) in [4.78, 5) is 9.60. The van der Waals surface area contributed by atoms with E-state index in [1.807, 2.05) is 36.7 Å². The molecule has 1 N–H and O–H groups in total. The van der Waals surface area contributed by atoms with E-state index < -0.39 is 0 Å². The molecule has 0 amide bonds. The lowest BCUT2D eigenvalue weighted by Crippen LogP contribution is -2.10. The van der Waals surface area contributed by atoms with Crippen molar-refractivity contribution in [2.45, 2.75) is 6.54 Å². The topological polar surface area (TPSA) is 42.9 Å². The van der Waals surface area contributed by atoms with Crippen molar-refractivity contribution in [3.05, 3.63) is 72.2 Å². The summed E-state index contributed by atoms with van der Waals surface area (Å²) in [6, 6.07) is 16.4. The van der Waals surface area contributed by atoms with Gasteiger partial charge in [-0.05, 0) is 55.6 Å². The Morgan fingerprint density at radius 3 is 2.65 bits per heavy atom. The lowest BCUT2D eigenvalue weighted by atomic mass is 10.1. The molecule has 0 aliphatic rings. The number of aliphatic imine (C=N–C) groups is 1. The SMILES string of the molecule is CN(C)Cc1cccc(C=Nc2ccc(-c3c[nH+]co3)cc2)c1. The molecule has 0 spiro atoms. The number of nitrogens with one attached hydrogen (secondary N) is 1. The minimum Gasteiger partial charge on any atom is -0.404 e. The van der Waals surface area contributed by atoms with Gasteiger partial charge in [0.1, 0.15) is 0 Å². The van der Waals surface area contributed by atoms with Crippen LogP contribution in [0.1, 0.15) is 11.1 Å². The molecular formula is C19H20N3O+. The Kier molecular flexibility index (Phi) is 4.64. The zero-order valence-corrected chi connectivity index (χ0v) is 13.4. The van der Waals surface area contributed by atoms with Gasteiger partial charge in [0.05, 0.1) is 5.69 Å². The molecule has 23 heavy (non-hydrogen) atoms. The van der Waals surface area contributed by atoms with E-state index in [2.05, 4.69) is 53.2 Å². The summed E-state index contributed by atoms with van der Waals surface area (Å²) in [5.41, 5.74) is 4.33. The standard InChI is InChI=1S/C19H19N3O/c1-22(2)13-16-5-3-4-15(10-16)11-21-18-8-6-17(7-9-18)19-12-20-14-23-19/h3-12,14H,13H2,1-2H3/p+1. The number of hydrogen-bond acceptors (Lipinski definition) is 3. The monoisotopic (exact) mass is 306 g/mol. The first-order chi connectivity index (χ1) is 11.2. The van der Waals surface area contributed by atoms with Crippen LogP contribution in [0.15, 0.2) is 70.5 Å². The van der Waals surface area contributed by atoms with Crippen molar-refractivity contribution in [2.75, 3.05) is 14.1 Å². The molecule has 0 saturated carbocycles. The lowest BCUT2D eigenvalue weighted by Gasteiger charge is -2.09. The highest BCUT2D eigenvalue weighted by molar-refractivity contribution is 5.82. The minimum atomic E-state index is 0.817. The van der Waals surface area contributed by atoms with Gasteiger partial charge in [0.2, 0.25) is 12.0 Å². The average molecular weight is 306 g/mol. The Balaban J connectivity index is 1.72. The van der Waals surface area contributed by atoms with E-state index in [9.17, 15) is 0 Å². The predicted octanol–water partition coefficient (Wildman–Crippen LogP) is 3.57. The summed E-state index contributed by atoms with van der Waals surface area (Å²) in [5.74, 6) is 0.817. The number of nitrogens with zero attached hydrogens (tertiary/aromatic N) is 2. The molecule has 2 aromatic carbocycles. The molecule has 1 aromatic heterocycles. The second kappa shape index (κ2) is 7.03. The quantitative estimate of drug-likeness (QED) is 0.676. The van der Waals surface area contributed by atoms with Crippen molar-refractivity contribution in [1.82, 2.24) is 4.90 Å². The largest absolute Gasteiger partial charge is 0.404 e. The highest BCUT2D eigenvalue weighted by Gasteiger charge is 2.03. The summed E-state index contributed by atoms with van der Waals surface area (Å²) in [6.07, 6.45) is 5.28. The van der Waals surface area contributed by atoms with Crippen LogP contribution in [-0.4, -0.2) is 25.2 Å². The van der Waals surface area contributed by atoms with Crippen LogP contribution in [0, 0.1) is 0 Å². The molecule has 1 heterocycles. The molecular weight excluding hydrogens is 286 g/mol. The second-order valence-corrected chi connectivity index (χ2v) is 5.70. The summed E-state index contributed by atoms with van der Waals surface area (Å²) in [5, 5.41) is 0. The molecule has 4 nitrogen and oxygen atoms in total. The Hall–Kier alpha value is -2.72. The molecule has 0 bridgehead atoms. The van der Waals surface area contributed by atoms with Crippen molar-refractivity contribution >= 4 is 11.9 Å². The van der Waals surface area contributed by atoms with E-state index in [0.29, 0.717) is 0 Å². The molecule has 0 saturated heterocycles. The van der Waals surface area contributed by atoms with Crippen molar-refractivity contribution in [1.29, 1.82) is 0 Å². The smallest absolute Gasteiger partial charge is 0.333 e. The summed E-state index contributed by atoms with van der Waals surface area (Å²) < 4.78 is 5.34. The van der Waals surface area contributed by atoms with Crippen LogP contribution in [0.4, 0.5) is 5.69 Å². The van der Waals surface area contributed by atoms with E-state index in [4.69, 9.17) is 4.42 Å². The van der Waals surface area contributed by atoms with Crippen LogP contribution in [0.2, 0.25) is 0 Å². The Labute approximate surface area is 136 Å². The second-order valence-electron chi connectivity index (χ2n) is 5.70. The van der Waals surface area contributed by atoms with Gasteiger partial charge < -0.3 is 9.32 Å². The first-order valence-corrected chi connectivity index (χ1v) is 7.53. The zero-order chi connectivity index (χ0) is 16.1. The van der Waals surface area contributed by atoms with Crippen LogP contribution in [-0.2, 0) is 6.54 Å². The van der Waals surface area contributed by atoms with Gasteiger partial charge in [0.25, 0.3) is 0 Å². The van der Waals surface area contributed by atoms with Gasteiger partial charge in [-0.25, -0.2) is 0 Å². The minimum absolute atomic E-state index is 0.817. The summed E-state index contributed by atoms with van der Waals surface area (Å²) in [7, 11) is 4.14. The number of rotatable bonds is 5. The van der Waals surface area contributed by atoms with Crippen molar-refractivity contribution in [2.24, 2.45) is 4.99 Å². The summed E-state index contributed by atoms with van der Waals surface area (Å²) in [6.45, 7) is 0.927. The number of aromatic amines is 1. The maximum atomic E-state index is 5.34. The zero-order valence-electron chi connectivity index (χ0n) is 13.4. The highest BCUT2D eigenvalue weighted by atomic mass is 16.3. The normalized spacial score (nSPS) is 11.4. The van der Waals surface area contributed by atoms with E-state index >= 15 is 0 Å². The molecule has 116 valence electrons. The predicted molar refractivity (Wildman–Crippen MR) is 91.8 cm³/mol. The fraction of sp³-hybridized carbons (Fsp3) is 0.158. The highest BCUT2D eigenvalue weighted by Crippen LogP contribution is 2.21. The number of hydrogen-bond donors (Lipinski definition) is 0. The van der Waals surface area contributed by atoms with Crippen molar-refractivity contribution < 1.29 is 9.40 Å². The van der Waals surface area contributed by atoms with Crippen LogP contribution in [0.5, 0.6) is 0 Å². The number of aromatic nitrogens is 1. The van der Waals surface area contributed by atoms with Gasteiger partial charge in [-0.1, -0.05) is 18.2 Å². The van der Waals surface area contributed by atoms with Gasteiger partial charge in [0, 0.05) is 18.3 Å².